The van der Waals surface area contributed by atoms with Crippen molar-refractivity contribution >= 4 is 21.5 Å². The van der Waals surface area contributed by atoms with Crippen LogP contribution in [-0.2, 0) is 16.6 Å². The molecular weight excluding hydrogens is 372 g/mol. The van der Waals surface area contributed by atoms with E-state index >= 15 is 0 Å². The van der Waals surface area contributed by atoms with Gasteiger partial charge in [0.05, 0.1) is 5.69 Å². The molecule has 2 heterocycles. The van der Waals surface area contributed by atoms with Crippen molar-refractivity contribution in [3.8, 4) is 0 Å². The highest BCUT2D eigenvalue weighted by Gasteiger charge is 2.31. The summed E-state index contributed by atoms with van der Waals surface area (Å²) in [5, 5.41) is 3.16. The Morgan fingerprint density at radius 3 is 2.78 bits per heavy atom. The van der Waals surface area contributed by atoms with E-state index in [4.69, 9.17) is 0 Å². The van der Waals surface area contributed by atoms with Crippen molar-refractivity contribution in [3.05, 3.63) is 59.7 Å². The minimum Gasteiger partial charge on any atom is -0.342 e. The SMILES string of the molecule is O=S1(=O)N=C(C2CCCN(Cc3ccc(F)c(F)c3)C2)Nc2ccccc21. The first kappa shape index (κ1) is 18.1. The number of hydrogen-bond acceptors (Lipinski definition) is 4. The van der Waals surface area contributed by atoms with Gasteiger partial charge >= 0.3 is 0 Å². The summed E-state index contributed by atoms with van der Waals surface area (Å²) >= 11 is 0. The molecule has 27 heavy (non-hydrogen) atoms. The van der Waals surface area contributed by atoms with Gasteiger partial charge in [0.15, 0.2) is 11.6 Å². The van der Waals surface area contributed by atoms with Crippen molar-refractivity contribution in [1.82, 2.24) is 4.90 Å². The van der Waals surface area contributed by atoms with E-state index in [9.17, 15) is 17.2 Å². The summed E-state index contributed by atoms with van der Waals surface area (Å²) in [7, 11) is -3.71. The average molecular weight is 391 g/mol. The zero-order valence-corrected chi connectivity index (χ0v) is 15.3. The lowest BCUT2D eigenvalue weighted by molar-refractivity contribution is 0.196. The van der Waals surface area contributed by atoms with Gasteiger partial charge in [0, 0.05) is 19.0 Å². The second-order valence-corrected chi connectivity index (χ2v) is 8.47. The van der Waals surface area contributed by atoms with Crippen LogP contribution in [0.4, 0.5) is 14.5 Å². The largest absolute Gasteiger partial charge is 0.342 e. The maximum atomic E-state index is 13.4. The number of nitrogens with one attached hydrogen (secondary N) is 1. The van der Waals surface area contributed by atoms with Gasteiger partial charge in [0.2, 0.25) is 0 Å². The fraction of sp³-hybridized carbons (Fsp3) is 0.316. The van der Waals surface area contributed by atoms with Gasteiger partial charge in [-0.05, 0) is 49.2 Å². The summed E-state index contributed by atoms with van der Waals surface area (Å²) < 4.78 is 55.4. The molecule has 2 aliphatic heterocycles. The number of benzene rings is 2. The van der Waals surface area contributed by atoms with Gasteiger partial charge in [-0.3, -0.25) is 4.90 Å². The van der Waals surface area contributed by atoms with Crippen LogP contribution in [0.2, 0.25) is 0 Å². The Labute approximate surface area is 156 Å². The van der Waals surface area contributed by atoms with Crippen molar-refractivity contribution in [2.75, 3.05) is 18.4 Å². The summed E-state index contributed by atoms with van der Waals surface area (Å²) in [4.78, 5) is 2.29. The molecule has 0 aliphatic carbocycles. The molecule has 0 amide bonds. The Kier molecular flexibility index (Phi) is 4.69. The molecule has 0 saturated carbocycles. The van der Waals surface area contributed by atoms with Crippen molar-refractivity contribution in [2.45, 2.75) is 24.3 Å². The number of sulfonamides is 1. The monoisotopic (exact) mass is 391 g/mol. The van der Waals surface area contributed by atoms with Gasteiger partial charge in [0.25, 0.3) is 10.0 Å². The molecular formula is C19H19F2N3O2S. The molecule has 2 aliphatic rings. The summed E-state index contributed by atoms with van der Waals surface area (Å²) in [5.74, 6) is -1.34. The molecule has 0 aromatic heterocycles. The predicted octanol–water partition coefficient (Wildman–Crippen LogP) is 3.39. The van der Waals surface area contributed by atoms with Gasteiger partial charge < -0.3 is 5.32 Å². The number of anilines is 1. The van der Waals surface area contributed by atoms with Crippen molar-refractivity contribution in [2.24, 2.45) is 10.3 Å². The molecule has 0 radical (unpaired) electrons. The van der Waals surface area contributed by atoms with Crippen LogP contribution in [0.25, 0.3) is 0 Å². The first-order chi connectivity index (χ1) is 12.9. The van der Waals surface area contributed by atoms with Gasteiger partial charge in [-0.15, -0.1) is 4.40 Å². The van der Waals surface area contributed by atoms with Gasteiger partial charge in [-0.25, -0.2) is 8.78 Å². The van der Waals surface area contributed by atoms with E-state index in [1.807, 2.05) is 0 Å². The first-order valence-electron chi connectivity index (χ1n) is 8.79. The minimum absolute atomic E-state index is 0.0628. The van der Waals surface area contributed by atoms with Crippen molar-refractivity contribution in [3.63, 3.8) is 0 Å². The lowest BCUT2D eigenvalue weighted by Crippen LogP contribution is -2.41. The fourth-order valence-electron chi connectivity index (χ4n) is 3.63. The Hall–Kier alpha value is -2.32. The molecule has 5 nitrogen and oxygen atoms in total. The summed E-state index contributed by atoms with van der Waals surface area (Å²) in [6, 6.07) is 10.6. The Morgan fingerprint density at radius 1 is 1.15 bits per heavy atom. The van der Waals surface area contributed by atoms with Crippen LogP contribution >= 0.6 is 0 Å². The zero-order chi connectivity index (χ0) is 19.0. The Morgan fingerprint density at radius 2 is 1.96 bits per heavy atom. The maximum Gasteiger partial charge on any atom is 0.286 e. The number of piperidine rings is 1. The number of rotatable bonds is 3. The molecule has 1 N–H and O–H groups in total. The quantitative estimate of drug-likeness (QED) is 0.871. The van der Waals surface area contributed by atoms with Crippen molar-refractivity contribution in [1.29, 1.82) is 0 Å². The lowest BCUT2D eigenvalue weighted by Gasteiger charge is -2.34. The smallest absolute Gasteiger partial charge is 0.286 e. The number of amidine groups is 1. The molecule has 142 valence electrons. The van der Waals surface area contributed by atoms with Crippen LogP contribution < -0.4 is 5.32 Å². The molecule has 2 aromatic rings. The molecule has 1 fully saturated rings. The summed E-state index contributed by atoms with van der Waals surface area (Å²) in [6.07, 6.45) is 1.69. The number of halogens is 2. The number of likely N-dealkylation sites (tertiary alicyclic amines) is 1. The topological polar surface area (TPSA) is 61.8 Å². The van der Waals surface area contributed by atoms with Gasteiger partial charge in [0.1, 0.15) is 10.7 Å². The van der Waals surface area contributed by atoms with E-state index in [2.05, 4.69) is 14.6 Å². The predicted molar refractivity (Wildman–Crippen MR) is 99.0 cm³/mol. The third-order valence-electron chi connectivity index (χ3n) is 4.93. The van der Waals surface area contributed by atoms with E-state index in [-0.39, 0.29) is 10.8 Å². The molecule has 0 spiro atoms. The van der Waals surface area contributed by atoms with Crippen molar-refractivity contribution < 1.29 is 17.2 Å². The standard InChI is InChI=1S/C19H19F2N3O2S/c20-15-8-7-13(10-16(15)21)11-24-9-3-4-14(12-24)19-22-17-5-1-2-6-18(17)27(25,26)23-19/h1-2,5-8,10,14H,3-4,9,11-12H2,(H,22,23). The average Bonchev–Trinajstić information content (AvgIpc) is 2.64. The number of fused-ring (bicyclic) bond motifs is 1. The Balaban J connectivity index is 1.52. The maximum absolute atomic E-state index is 13.4. The lowest BCUT2D eigenvalue weighted by atomic mass is 9.96. The molecule has 1 unspecified atom stereocenters. The fourth-order valence-corrected chi connectivity index (χ4v) is 4.83. The highest BCUT2D eigenvalue weighted by atomic mass is 32.2. The molecule has 0 bridgehead atoms. The highest BCUT2D eigenvalue weighted by molar-refractivity contribution is 7.90. The van der Waals surface area contributed by atoms with E-state index in [1.165, 1.54) is 12.1 Å². The minimum atomic E-state index is -3.71. The van der Waals surface area contributed by atoms with E-state index in [0.29, 0.717) is 30.2 Å². The molecule has 4 rings (SSSR count). The van der Waals surface area contributed by atoms with Crippen LogP contribution in [0.3, 0.4) is 0 Å². The third-order valence-corrected chi connectivity index (χ3v) is 6.28. The highest BCUT2D eigenvalue weighted by Crippen LogP contribution is 2.30. The van der Waals surface area contributed by atoms with E-state index < -0.39 is 21.7 Å². The van der Waals surface area contributed by atoms with E-state index in [1.54, 1.807) is 24.3 Å². The third kappa shape index (κ3) is 3.72. The molecule has 8 heteroatoms. The van der Waals surface area contributed by atoms with Crippen LogP contribution in [0.5, 0.6) is 0 Å². The van der Waals surface area contributed by atoms with Crippen LogP contribution in [0.1, 0.15) is 18.4 Å². The summed E-state index contributed by atoms with van der Waals surface area (Å²) in [5.41, 5.74) is 1.23. The van der Waals surface area contributed by atoms with E-state index in [0.717, 1.165) is 25.5 Å². The Bertz CT molecular complexity index is 1010. The molecule has 1 atom stereocenters. The number of para-hydroxylation sites is 1. The normalized spacial score (nSPS) is 21.9. The number of nitrogens with zero attached hydrogens (tertiary/aromatic N) is 2. The van der Waals surface area contributed by atoms with Crippen LogP contribution in [0, 0.1) is 17.6 Å². The number of hydrogen-bond donors (Lipinski definition) is 1. The first-order valence-corrected chi connectivity index (χ1v) is 10.2. The van der Waals surface area contributed by atoms with Crippen LogP contribution in [-0.4, -0.2) is 32.2 Å². The second kappa shape index (κ2) is 7.01. The molecule has 2 aromatic carbocycles. The molecule has 1 saturated heterocycles. The second-order valence-electron chi connectivity index (χ2n) is 6.90. The van der Waals surface area contributed by atoms with Gasteiger partial charge in [-0.1, -0.05) is 18.2 Å². The summed E-state index contributed by atoms with van der Waals surface area (Å²) in [6.45, 7) is 1.89. The zero-order valence-electron chi connectivity index (χ0n) is 14.5. The van der Waals surface area contributed by atoms with Crippen LogP contribution in [0.15, 0.2) is 51.8 Å². The van der Waals surface area contributed by atoms with Gasteiger partial charge in [-0.2, -0.15) is 8.42 Å².